The van der Waals surface area contributed by atoms with Gasteiger partial charge < -0.3 is 4.74 Å². The first kappa shape index (κ1) is 13.8. The summed E-state index contributed by atoms with van der Waals surface area (Å²) in [5.41, 5.74) is 1.01. The Bertz CT molecular complexity index is 375. The Labute approximate surface area is 104 Å². The van der Waals surface area contributed by atoms with Crippen LogP contribution in [0.5, 0.6) is 5.75 Å². The van der Waals surface area contributed by atoms with E-state index in [4.69, 9.17) is 4.74 Å². The van der Waals surface area contributed by atoms with E-state index in [9.17, 15) is 4.79 Å². The van der Waals surface area contributed by atoms with Crippen LogP contribution in [0.15, 0.2) is 24.3 Å². The largest absolute Gasteiger partial charge is 0.494 e. The minimum Gasteiger partial charge on any atom is -0.494 e. The molecule has 17 heavy (non-hydrogen) atoms. The van der Waals surface area contributed by atoms with E-state index in [2.05, 4.69) is 20.8 Å². The quantitative estimate of drug-likeness (QED) is 0.717. The van der Waals surface area contributed by atoms with Crippen LogP contribution >= 0.6 is 0 Å². The van der Waals surface area contributed by atoms with Gasteiger partial charge in [0.2, 0.25) is 0 Å². The van der Waals surface area contributed by atoms with Crippen molar-refractivity contribution in [2.24, 2.45) is 5.41 Å². The first-order valence-corrected chi connectivity index (χ1v) is 6.18. The summed E-state index contributed by atoms with van der Waals surface area (Å²) >= 11 is 0. The average molecular weight is 234 g/mol. The number of ketones is 1. The number of hydrogen-bond acceptors (Lipinski definition) is 2. The molecule has 94 valence electrons. The van der Waals surface area contributed by atoms with Crippen molar-refractivity contribution in [3.63, 3.8) is 0 Å². The number of carbonyl (C=O) groups is 1. The zero-order valence-corrected chi connectivity index (χ0v) is 11.2. The maximum Gasteiger partial charge on any atom is 0.162 e. The molecule has 0 aliphatic heterocycles. The Balaban J connectivity index is 2.57. The fourth-order valence-electron chi connectivity index (χ4n) is 1.44. The average Bonchev–Trinajstić information content (AvgIpc) is 2.27. The van der Waals surface area contributed by atoms with Crippen LogP contribution < -0.4 is 4.74 Å². The molecule has 0 heterocycles. The molecule has 0 amide bonds. The Morgan fingerprint density at radius 1 is 1.29 bits per heavy atom. The monoisotopic (exact) mass is 234 g/mol. The fraction of sp³-hybridized carbons (Fsp3) is 0.533. The van der Waals surface area contributed by atoms with Crippen LogP contribution in [0, 0.1) is 5.41 Å². The van der Waals surface area contributed by atoms with Crippen molar-refractivity contribution in [1.29, 1.82) is 0 Å². The van der Waals surface area contributed by atoms with Crippen LogP contribution in [0.2, 0.25) is 0 Å². The van der Waals surface area contributed by atoms with Crippen LogP contribution in [0.1, 0.15) is 50.9 Å². The van der Waals surface area contributed by atoms with Crippen molar-refractivity contribution in [2.75, 3.05) is 6.61 Å². The molecule has 0 bridgehead atoms. The zero-order chi connectivity index (χ0) is 12.9. The van der Waals surface area contributed by atoms with Crippen LogP contribution in [0.3, 0.4) is 0 Å². The number of Topliss-reactive ketones (excluding diaryl/α,β-unsaturated/α-hetero) is 1. The van der Waals surface area contributed by atoms with E-state index in [-0.39, 0.29) is 11.2 Å². The molecule has 0 atom stereocenters. The van der Waals surface area contributed by atoms with Gasteiger partial charge in [0.1, 0.15) is 5.75 Å². The highest BCUT2D eigenvalue weighted by Gasteiger charge is 2.10. The van der Waals surface area contributed by atoms with E-state index >= 15 is 0 Å². The molecular weight excluding hydrogens is 212 g/mol. The van der Waals surface area contributed by atoms with Crippen LogP contribution in [-0.4, -0.2) is 12.4 Å². The Morgan fingerprint density at radius 2 is 2.00 bits per heavy atom. The summed E-state index contributed by atoms with van der Waals surface area (Å²) in [6, 6.07) is 7.43. The highest BCUT2D eigenvalue weighted by molar-refractivity contribution is 5.96. The Kier molecular flexibility index (Phi) is 4.73. The van der Waals surface area contributed by atoms with E-state index in [1.165, 1.54) is 0 Å². The minimum absolute atomic E-state index is 0.159. The molecule has 0 radical (unpaired) electrons. The van der Waals surface area contributed by atoms with E-state index in [1.54, 1.807) is 0 Å². The normalized spacial score (nSPS) is 11.3. The minimum atomic E-state index is 0.159. The molecule has 2 heteroatoms. The summed E-state index contributed by atoms with van der Waals surface area (Å²) < 4.78 is 5.67. The number of benzene rings is 1. The molecular formula is C15H22O2. The lowest BCUT2D eigenvalue weighted by molar-refractivity contribution is 0.0987. The molecule has 1 aromatic rings. The topological polar surface area (TPSA) is 26.3 Å². The molecule has 1 rings (SSSR count). The second-order valence-electron chi connectivity index (χ2n) is 5.46. The molecule has 0 aliphatic carbocycles. The third-order valence-corrected chi connectivity index (χ3v) is 2.60. The predicted molar refractivity (Wildman–Crippen MR) is 70.6 cm³/mol. The van der Waals surface area contributed by atoms with Gasteiger partial charge in [-0.05, 0) is 24.0 Å². The lowest BCUT2D eigenvalue weighted by atomic mass is 9.93. The highest BCUT2D eigenvalue weighted by Crippen LogP contribution is 2.20. The summed E-state index contributed by atoms with van der Waals surface area (Å²) in [7, 11) is 0. The van der Waals surface area contributed by atoms with Gasteiger partial charge in [-0.25, -0.2) is 0 Å². The van der Waals surface area contributed by atoms with Crippen molar-refractivity contribution in [3.05, 3.63) is 29.8 Å². The van der Waals surface area contributed by atoms with Gasteiger partial charge in [-0.1, -0.05) is 39.8 Å². The first-order valence-electron chi connectivity index (χ1n) is 6.18. The number of ether oxygens (including phenoxy) is 1. The Morgan fingerprint density at radius 3 is 2.59 bits per heavy atom. The summed E-state index contributed by atoms with van der Waals surface area (Å²) in [5.74, 6) is 0.944. The van der Waals surface area contributed by atoms with Gasteiger partial charge in [0.15, 0.2) is 5.78 Å². The van der Waals surface area contributed by atoms with Crippen molar-refractivity contribution in [3.8, 4) is 5.75 Å². The molecule has 0 saturated carbocycles. The van der Waals surface area contributed by atoms with Gasteiger partial charge in [-0.2, -0.15) is 0 Å². The smallest absolute Gasteiger partial charge is 0.162 e. The molecule has 1 aromatic carbocycles. The highest BCUT2D eigenvalue weighted by atomic mass is 16.5. The van der Waals surface area contributed by atoms with Gasteiger partial charge in [0, 0.05) is 12.0 Å². The van der Waals surface area contributed by atoms with E-state index in [0.29, 0.717) is 13.0 Å². The first-order chi connectivity index (χ1) is 7.92. The van der Waals surface area contributed by atoms with Crippen molar-refractivity contribution in [1.82, 2.24) is 0 Å². The van der Waals surface area contributed by atoms with Crippen LogP contribution in [-0.2, 0) is 0 Å². The molecule has 0 spiro atoms. The molecule has 0 fully saturated rings. The number of carbonyl (C=O) groups excluding carboxylic acids is 1. The van der Waals surface area contributed by atoms with E-state index in [0.717, 1.165) is 17.7 Å². The maximum atomic E-state index is 11.5. The standard InChI is InChI=1S/C15H22O2/c1-5-14(16)12-7-6-8-13(11-12)17-10-9-15(2,3)4/h6-8,11H,5,9-10H2,1-4H3. The summed E-state index contributed by atoms with van der Waals surface area (Å²) in [6.45, 7) is 9.12. The predicted octanol–water partition coefficient (Wildman–Crippen LogP) is 4.09. The van der Waals surface area contributed by atoms with Gasteiger partial charge in [-0.3, -0.25) is 4.79 Å². The van der Waals surface area contributed by atoms with Crippen molar-refractivity contribution in [2.45, 2.75) is 40.5 Å². The Hall–Kier alpha value is -1.31. The number of hydrogen-bond donors (Lipinski definition) is 0. The lowest BCUT2D eigenvalue weighted by Crippen LogP contribution is -2.11. The van der Waals surface area contributed by atoms with Crippen molar-refractivity contribution < 1.29 is 9.53 Å². The number of rotatable bonds is 5. The van der Waals surface area contributed by atoms with E-state index in [1.807, 2.05) is 31.2 Å². The van der Waals surface area contributed by atoms with Crippen molar-refractivity contribution >= 4 is 5.78 Å². The summed E-state index contributed by atoms with van der Waals surface area (Å²) in [6.07, 6.45) is 1.53. The molecule has 0 aromatic heterocycles. The second-order valence-corrected chi connectivity index (χ2v) is 5.46. The SMILES string of the molecule is CCC(=O)c1cccc(OCCC(C)(C)C)c1. The summed E-state index contributed by atoms with van der Waals surface area (Å²) in [4.78, 5) is 11.5. The molecule has 0 N–H and O–H groups in total. The molecule has 2 nitrogen and oxygen atoms in total. The fourth-order valence-corrected chi connectivity index (χ4v) is 1.44. The second kappa shape index (κ2) is 5.85. The zero-order valence-electron chi connectivity index (χ0n) is 11.2. The lowest BCUT2D eigenvalue weighted by Gasteiger charge is -2.18. The van der Waals surface area contributed by atoms with Gasteiger partial charge in [0.05, 0.1) is 6.61 Å². The van der Waals surface area contributed by atoms with Gasteiger partial charge >= 0.3 is 0 Å². The molecule has 0 saturated heterocycles. The van der Waals surface area contributed by atoms with Gasteiger partial charge in [-0.15, -0.1) is 0 Å². The summed E-state index contributed by atoms with van der Waals surface area (Å²) in [5, 5.41) is 0. The van der Waals surface area contributed by atoms with Crippen LogP contribution in [0.4, 0.5) is 0 Å². The third kappa shape index (κ3) is 5.03. The van der Waals surface area contributed by atoms with E-state index < -0.39 is 0 Å². The van der Waals surface area contributed by atoms with Crippen LogP contribution in [0.25, 0.3) is 0 Å². The molecule has 0 aliphatic rings. The third-order valence-electron chi connectivity index (χ3n) is 2.60. The molecule has 0 unspecified atom stereocenters. The van der Waals surface area contributed by atoms with Gasteiger partial charge in [0.25, 0.3) is 0 Å². The maximum absolute atomic E-state index is 11.5.